The number of aromatic nitrogens is 2. The van der Waals surface area contributed by atoms with Gasteiger partial charge in [0, 0.05) is 12.7 Å². The number of amides is 1. The van der Waals surface area contributed by atoms with Crippen LogP contribution in [0.3, 0.4) is 0 Å². The lowest BCUT2D eigenvalue weighted by Gasteiger charge is -2.15. The summed E-state index contributed by atoms with van der Waals surface area (Å²) in [6.45, 7) is 0. The number of benzene rings is 1. The molecule has 3 aromatic rings. The second kappa shape index (κ2) is 5.30. The van der Waals surface area contributed by atoms with Crippen LogP contribution in [-0.2, 0) is 0 Å². The topological polar surface area (TPSA) is 49.0 Å². The number of nitrogens with zero attached hydrogens (tertiary/aromatic N) is 2. The van der Waals surface area contributed by atoms with E-state index in [-0.39, 0.29) is 5.91 Å². The molecule has 1 amide bonds. The predicted molar refractivity (Wildman–Crippen MR) is 81.1 cm³/mol. The Balaban J connectivity index is 1.85. The molecule has 0 spiro atoms. The molecule has 0 aliphatic heterocycles. The van der Waals surface area contributed by atoms with Crippen molar-refractivity contribution < 1.29 is 4.79 Å². The summed E-state index contributed by atoms with van der Waals surface area (Å²) in [5.41, 5.74) is 2.13. The maximum Gasteiger partial charge on any atom is 0.278 e. The fourth-order valence-corrected chi connectivity index (χ4v) is 2.62. The van der Waals surface area contributed by atoms with Gasteiger partial charge >= 0.3 is 0 Å². The SMILES string of the molecule is CN(C(=O)c1cc(-c2cccs2)[nH]n1)c1ccccc1. The van der Waals surface area contributed by atoms with Gasteiger partial charge in [-0.3, -0.25) is 9.89 Å². The minimum Gasteiger partial charge on any atom is -0.310 e. The normalized spacial score (nSPS) is 10.4. The third-order valence-electron chi connectivity index (χ3n) is 3.03. The number of hydrogen-bond acceptors (Lipinski definition) is 3. The van der Waals surface area contributed by atoms with Gasteiger partial charge in [-0.2, -0.15) is 5.10 Å². The Hall–Kier alpha value is -2.40. The van der Waals surface area contributed by atoms with Crippen molar-refractivity contribution in [3.63, 3.8) is 0 Å². The average Bonchev–Trinajstić information content (AvgIpc) is 3.17. The van der Waals surface area contributed by atoms with Crippen LogP contribution in [0.1, 0.15) is 10.5 Å². The highest BCUT2D eigenvalue weighted by molar-refractivity contribution is 7.13. The molecule has 0 atom stereocenters. The van der Waals surface area contributed by atoms with Crippen molar-refractivity contribution in [2.45, 2.75) is 0 Å². The zero-order chi connectivity index (χ0) is 13.9. The van der Waals surface area contributed by atoms with Gasteiger partial charge in [0.05, 0.1) is 10.6 Å². The molecule has 4 nitrogen and oxygen atoms in total. The minimum atomic E-state index is -0.129. The maximum atomic E-state index is 12.4. The second-order valence-corrected chi connectivity index (χ2v) is 5.29. The van der Waals surface area contributed by atoms with Gasteiger partial charge in [0.2, 0.25) is 0 Å². The molecular formula is C15H13N3OS. The van der Waals surface area contributed by atoms with Gasteiger partial charge in [-0.15, -0.1) is 11.3 Å². The van der Waals surface area contributed by atoms with Crippen LogP contribution in [0.25, 0.3) is 10.6 Å². The van der Waals surface area contributed by atoms with Gasteiger partial charge in [-0.05, 0) is 29.6 Å². The zero-order valence-corrected chi connectivity index (χ0v) is 11.7. The first-order chi connectivity index (χ1) is 9.75. The van der Waals surface area contributed by atoms with Crippen LogP contribution in [0.4, 0.5) is 5.69 Å². The number of rotatable bonds is 3. The van der Waals surface area contributed by atoms with Crippen molar-refractivity contribution in [1.29, 1.82) is 0 Å². The lowest BCUT2D eigenvalue weighted by molar-refractivity contribution is 0.0988. The largest absolute Gasteiger partial charge is 0.310 e. The number of thiophene rings is 1. The summed E-state index contributed by atoms with van der Waals surface area (Å²) in [6, 6.07) is 15.3. The monoisotopic (exact) mass is 283 g/mol. The second-order valence-electron chi connectivity index (χ2n) is 4.34. The number of carbonyl (C=O) groups excluding carboxylic acids is 1. The number of hydrogen-bond donors (Lipinski definition) is 1. The van der Waals surface area contributed by atoms with E-state index in [9.17, 15) is 4.79 Å². The van der Waals surface area contributed by atoms with Gasteiger partial charge in [-0.1, -0.05) is 24.3 Å². The molecule has 2 heterocycles. The molecular weight excluding hydrogens is 270 g/mol. The summed E-state index contributed by atoms with van der Waals surface area (Å²) in [5, 5.41) is 9.01. The van der Waals surface area contributed by atoms with Crippen LogP contribution in [0.5, 0.6) is 0 Å². The lowest BCUT2D eigenvalue weighted by Crippen LogP contribution is -2.26. The van der Waals surface area contributed by atoms with E-state index in [0.29, 0.717) is 5.69 Å². The first-order valence-corrected chi connectivity index (χ1v) is 7.06. The molecule has 0 bridgehead atoms. The fraction of sp³-hybridized carbons (Fsp3) is 0.0667. The van der Waals surface area contributed by atoms with Crippen molar-refractivity contribution in [3.05, 3.63) is 59.6 Å². The van der Waals surface area contributed by atoms with Crippen LogP contribution in [0.2, 0.25) is 0 Å². The van der Waals surface area contributed by atoms with E-state index in [2.05, 4.69) is 10.2 Å². The lowest BCUT2D eigenvalue weighted by atomic mass is 10.2. The molecule has 0 saturated heterocycles. The van der Waals surface area contributed by atoms with E-state index in [1.54, 1.807) is 29.4 Å². The number of carbonyl (C=O) groups is 1. The standard InChI is InChI=1S/C15H13N3OS/c1-18(11-6-3-2-4-7-11)15(19)13-10-12(16-17-13)14-8-5-9-20-14/h2-10H,1H3,(H,16,17). The quantitative estimate of drug-likeness (QED) is 0.800. The Morgan fingerprint density at radius 3 is 2.70 bits per heavy atom. The van der Waals surface area contributed by atoms with Gasteiger partial charge < -0.3 is 4.90 Å². The molecule has 1 N–H and O–H groups in total. The van der Waals surface area contributed by atoms with Crippen molar-refractivity contribution in [2.75, 3.05) is 11.9 Å². The first-order valence-electron chi connectivity index (χ1n) is 6.18. The highest BCUT2D eigenvalue weighted by Gasteiger charge is 2.17. The Bertz CT molecular complexity index is 704. The van der Waals surface area contributed by atoms with Crippen molar-refractivity contribution in [1.82, 2.24) is 10.2 Å². The molecule has 1 aromatic carbocycles. The molecule has 0 aliphatic carbocycles. The van der Waals surface area contributed by atoms with Crippen molar-refractivity contribution >= 4 is 22.9 Å². The highest BCUT2D eigenvalue weighted by atomic mass is 32.1. The molecule has 5 heteroatoms. The van der Waals surface area contributed by atoms with E-state index in [1.807, 2.05) is 47.8 Å². The number of para-hydroxylation sites is 1. The molecule has 0 radical (unpaired) electrons. The Labute approximate surface area is 120 Å². The molecule has 20 heavy (non-hydrogen) atoms. The molecule has 2 aromatic heterocycles. The van der Waals surface area contributed by atoms with Crippen molar-refractivity contribution in [2.24, 2.45) is 0 Å². The van der Waals surface area contributed by atoms with Crippen molar-refractivity contribution in [3.8, 4) is 10.6 Å². The maximum absolute atomic E-state index is 12.4. The van der Waals surface area contributed by atoms with E-state index >= 15 is 0 Å². The van der Waals surface area contributed by atoms with Gasteiger partial charge in [-0.25, -0.2) is 0 Å². The van der Waals surface area contributed by atoms with Crippen LogP contribution in [0, 0.1) is 0 Å². The number of nitrogens with one attached hydrogen (secondary N) is 1. The molecule has 0 aliphatic rings. The Morgan fingerprint density at radius 2 is 2.00 bits per heavy atom. The first kappa shape index (κ1) is 12.6. The van der Waals surface area contributed by atoms with Gasteiger partial charge in [0.1, 0.15) is 0 Å². The summed E-state index contributed by atoms with van der Waals surface area (Å²) in [4.78, 5) is 15.0. The van der Waals surface area contributed by atoms with E-state index in [4.69, 9.17) is 0 Å². The molecule has 100 valence electrons. The summed E-state index contributed by atoms with van der Waals surface area (Å²) in [5.74, 6) is -0.129. The van der Waals surface area contributed by atoms with E-state index in [1.165, 1.54) is 0 Å². The average molecular weight is 283 g/mol. The number of aromatic amines is 1. The van der Waals surface area contributed by atoms with E-state index < -0.39 is 0 Å². The third-order valence-corrected chi connectivity index (χ3v) is 3.93. The summed E-state index contributed by atoms with van der Waals surface area (Å²) in [6.07, 6.45) is 0. The number of H-pyrrole nitrogens is 1. The van der Waals surface area contributed by atoms with Crippen LogP contribution >= 0.6 is 11.3 Å². The molecule has 0 saturated carbocycles. The zero-order valence-electron chi connectivity index (χ0n) is 10.9. The fourth-order valence-electron chi connectivity index (χ4n) is 1.93. The van der Waals surface area contributed by atoms with Crippen LogP contribution in [-0.4, -0.2) is 23.2 Å². The predicted octanol–water partition coefficient (Wildman–Crippen LogP) is 3.41. The summed E-state index contributed by atoms with van der Waals surface area (Å²) in [7, 11) is 1.75. The van der Waals surface area contributed by atoms with Crippen LogP contribution < -0.4 is 4.90 Å². The van der Waals surface area contributed by atoms with Gasteiger partial charge in [0.15, 0.2) is 5.69 Å². The summed E-state index contributed by atoms with van der Waals surface area (Å²) < 4.78 is 0. The summed E-state index contributed by atoms with van der Waals surface area (Å²) >= 11 is 1.61. The Kier molecular flexibility index (Phi) is 3.35. The minimum absolute atomic E-state index is 0.129. The number of anilines is 1. The molecule has 0 fully saturated rings. The Morgan fingerprint density at radius 1 is 1.20 bits per heavy atom. The molecule has 0 unspecified atom stereocenters. The van der Waals surface area contributed by atoms with Gasteiger partial charge in [0.25, 0.3) is 5.91 Å². The third kappa shape index (κ3) is 2.35. The highest BCUT2D eigenvalue weighted by Crippen LogP contribution is 2.23. The van der Waals surface area contributed by atoms with Crippen LogP contribution in [0.15, 0.2) is 53.9 Å². The molecule has 3 rings (SSSR count). The van der Waals surface area contributed by atoms with E-state index in [0.717, 1.165) is 16.3 Å². The smallest absolute Gasteiger partial charge is 0.278 e.